The Morgan fingerprint density at radius 2 is 1.81 bits per heavy atom. The first-order valence-corrected chi connectivity index (χ1v) is 8.37. The first kappa shape index (κ1) is 19.4. The minimum atomic E-state index is -1.30. The van der Waals surface area contributed by atoms with Crippen molar-refractivity contribution >= 4 is 23.1 Å². The molecule has 0 aliphatic heterocycles. The quantitative estimate of drug-likeness (QED) is 0.734. The van der Waals surface area contributed by atoms with Crippen LogP contribution in [0.4, 0.5) is 10.1 Å². The van der Waals surface area contributed by atoms with Gasteiger partial charge in [-0.05, 0) is 54.2 Å². The van der Waals surface area contributed by atoms with Crippen LogP contribution in [0.25, 0.3) is 5.57 Å². The molecule has 0 fully saturated rings. The van der Waals surface area contributed by atoms with E-state index in [1.165, 1.54) is 17.7 Å². The van der Waals surface area contributed by atoms with Crippen molar-refractivity contribution in [1.29, 1.82) is 0 Å². The number of carboxylic acid groups (broad SMARTS) is 1. The molecule has 4 nitrogen and oxygen atoms in total. The van der Waals surface area contributed by atoms with Crippen LogP contribution in [0.5, 0.6) is 0 Å². The minimum absolute atomic E-state index is 0.0558. The lowest BCUT2D eigenvalue weighted by Crippen LogP contribution is -2.12. The third-order valence-corrected chi connectivity index (χ3v) is 3.87. The van der Waals surface area contributed by atoms with E-state index >= 15 is 0 Å². The monoisotopic (exact) mass is 355 g/mol. The van der Waals surface area contributed by atoms with Crippen molar-refractivity contribution in [2.24, 2.45) is 5.92 Å². The number of hydrogen-bond donors (Lipinski definition) is 2. The van der Waals surface area contributed by atoms with E-state index in [4.69, 9.17) is 5.11 Å². The van der Waals surface area contributed by atoms with Crippen molar-refractivity contribution in [2.45, 2.75) is 27.2 Å². The van der Waals surface area contributed by atoms with Gasteiger partial charge in [-0.25, -0.2) is 9.18 Å². The van der Waals surface area contributed by atoms with Crippen molar-refractivity contribution in [1.82, 2.24) is 0 Å². The maximum Gasteiger partial charge on any atom is 0.337 e. The zero-order valence-electron chi connectivity index (χ0n) is 15.0. The standard InChI is InChI=1S/C21H22FNO3/c1-13(2)10-15-4-6-16(7-5-15)14(3)11-20(24)23-19-9-8-17(22)12-18(19)21(25)26/h4-9,11-13H,10H2,1-3H3,(H,23,24)(H,25,26). The van der Waals surface area contributed by atoms with Gasteiger partial charge in [-0.15, -0.1) is 0 Å². The Bertz CT molecular complexity index is 839. The van der Waals surface area contributed by atoms with Crippen LogP contribution in [0.3, 0.4) is 0 Å². The first-order chi connectivity index (χ1) is 12.3. The Labute approximate surface area is 152 Å². The normalized spacial score (nSPS) is 11.5. The van der Waals surface area contributed by atoms with Crippen molar-refractivity contribution in [3.63, 3.8) is 0 Å². The zero-order chi connectivity index (χ0) is 19.3. The highest BCUT2D eigenvalue weighted by Crippen LogP contribution is 2.19. The predicted molar refractivity (Wildman–Crippen MR) is 101 cm³/mol. The van der Waals surface area contributed by atoms with Gasteiger partial charge < -0.3 is 10.4 Å². The molecule has 0 radical (unpaired) electrons. The third-order valence-electron chi connectivity index (χ3n) is 3.87. The highest BCUT2D eigenvalue weighted by atomic mass is 19.1. The van der Waals surface area contributed by atoms with Crippen LogP contribution in [-0.4, -0.2) is 17.0 Å². The summed E-state index contributed by atoms with van der Waals surface area (Å²) in [6, 6.07) is 11.2. The molecule has 136 valence electrons. The molecule has 2 rings (SSSR count). The molecule has 0 bridgehead atoms. The number of benzene rings is 2. The fourth-order valence-corrected chi connectivity index (χ4v) is 2.63. The van der Waals surface area contributed by atoms with Crippen LogP contribution < -0.4 is 5.32 Å². The van der Waals surface area contributed by atoms with Gasteiger partial charge in [0.1, 0.15) is 5.82 Å². The fraction of sp³-hybridized carbons (Fsp3) is 0.238. The van der Waals surface area contributed by atoms with Gasteiger partial charge in [0.05, 0.1) is 11.3 Å². The summed E-state index contributed by atoms with van der Waals surface area (Å²) in [7, 11) is 0. The van der Waals surface area contributed by atoms with Crippen LogP contribution >= 0.6 is 0 Å². The van der Waals surface area contributed by atoms with E-state index < -0.39 is 17.7 Å². The van der Waals surface area contributed by atoms with Gasteiger partial charge in [-0.2, -0.15) is 0 Å². The fourth-order valence-electron chi connectivity index (χ4n) is 2.63. The number of anilines is 1. The molecule has 2 aromatic rings. The molecule has 0 atom stereocenters. The summed E-state index contributed by atoms with van der Waals surface area (Å²) in [4.78, 5) is 23.4. The topological polar surface area (TPSA) is 66.4 Å². The van der Waals surface area contributed by atoms with E-state index in [0.29, 0.717) is 5.92 Å². The summed E-state index contributed by atoms with van der Waals surface area (Å²) in [5, 5.41) is 11.6. The molecule has 0 saturated heterocycles. The lowest BCUT2D eigenvalue weighted by Gasteiger charge is -2.09. The maximum absolute atomic E-state index is 13.2. The lowest BCUT2D eigenvalue weighted by molar-refractivity contribution is -0.111. The second-order valence-corrected chi connectivity index (χ2v) is 6.61. The highest BCUT2D eigenvalue weighted by molar-refractivity contribution is 6.07. The molecule has 26 heavy (non-hydrogen) atoms. The molecule has 2 N–H and O–H groups in total. The summed E-state index contributed by atoms with van der Waals surface area (Å²) in [6.45, 7) is 6.12. The highest BCUT2D eigenvalue weighted by Gasteiger charge is 2.13. The molecule has 0 unspecified atom stereocenters. The second-order valence-electron chi connectivity index (χ2n) is 6.61. The van der Waals surface area contributed by atoms with Gasteiger partial charge in [0, 0.05) is 6.08 Å². The molecule has 2 aromatic carbocycles. The number of amides is 1. The van der Waals surface area contributed by atoms with E-state index in [-0.39, 0.29) is 11.3 Å². The van der Waals surface area contributed by atoms with Crippen molar-refractivity contribution in [2.75, 3.05) is 5.32 Å². The predicted octanol–water partition coefficient (Wildman–Crippen LogP) is 4.76. The Morgan fingerprint density at radius 1 is 1.15 bits per heavy atom. The average molecular weight is 355 g/mol. The summed E-state index contributed by atoms with van der Waals surface area (Å²) in [5.41, 5.74) is 2.66. The molecule has 0 saturated carbocycles. The molecule has 0 aliphatic carbocycles. The summed E-state index contributed by atoms with van der Waals surface area (Å²) in [6.07, 6.45) is 2.39. The maximum atomic E-state index is 13.2. The van der Waals surface area contributed by atoms with Crippen molar-refractivity contribution < 1.29 is 19.1 Å². The molecule has 5 heteroatoms. The molecule has 0 aliphatic rings. The average Bonchev–Trinajstić information content (AvgIpc) is 2.56. The zero-order valence-corrected chi connectivity index (χ0v) is 15.0. The molecule has 0 aromatic heterocycles. The summed E-state index contributed by atoms with van der Waals surface area (Å²) < 4.78 is 13.2. The Balaban J connectivity index is 2.14. The van der Waals surface area contributed by atoms with Gasteiger partial charge in [0.25, 0.3) is 0 Å². The molecular weight excluding hydrogens is 333 g/mol. The molecule has 0 heterocycles. The van der Waals surface area contributed by atoms with Crippen LogP contribution in [-0.2, 0) is 11.2 Å². The number of carbonyl (C=O) groups is 2. The Morgan fingerprint density at radius 3 is 2.38 bits per heavy atom. The number of allylic oxidation sites excluding steroid dienone is 1. The van der Waals surface area contributed by atoms with Crippen molar-refractivity contribution in [3.8, 4) is 0 Å². The summed E-state index contributed by atoms with van der Waals surface area (Å²) in [5.74, 6) is -1.87. The number of halogens is 1. The lowest BCUT2D eigenvalue weighted by atomic mass is 9.99. The van der Waals surface area contributed by atoms with E-state index in [1.54, 1.807) is 6.92 Å². The van der Waals surface area contributed by atoms with Crippen LogP contribution in [0.2, 0.25) is 0 Å². The van der Waals surface area contributed by atoms with Gasteiger partial charge in [-0.3, -0.25) is 4.79 Å². The van der Waals surface area contributed by atoms with E-state index in [2.05, 4.69) is 19.2 Å². The number of aromatic carboxylic acids is 1. The number of carboxylic acids is 1. The van der Waals surface area contributed by atoms with E-state index in [0.717, 1.165) is 29.7 Å². The first-order valence-electron chi connectivity index (χ1n) is 8.37. The van der Waals surface area contributed by atoms with Crippen molar-refractivity contribution in [3.05, 3.63) is 71.0 Å². The van der Waals surface area contributed by atoms with E-state index in [1.807, 2.05) is 24.3 Å². The number of nitrogens with one attached hydrogen (secondary N) is 1. The van der Waals surface area contributed by atoms with Gasteiger partial charge in [0.15, 0.2) is 0 Å². The van der Waals surface area contributed by atoms with Crippen LogP contribution in [0.15, 0.2) is 48.5 Å². The number of hydrogen-bond acceptors (Lipinski definition) is 2. The van der Waals surface area contributed by atoms with E-state index in [9.17, 15) is 14.0 Å². The SMILES string of the molecule is CC(=CC(=O)Nc1ccc(F)cc1C(=O)O)c1ccc(CC(C)C)cc1. The van der Waals surface area contributed by atoms with Gasteiger partial charge in [-0.1, -0.05) is 38.1 Å². The Hall–Kier alpha value is -2.95. The molecule has 0 spiro atoms. The third kappa shape index (κ3) is 5.28. The Kier molecular flexibility index (Phi) is 6.28. The van der Waals surface area contributed by atoms with Crippen LogP contribution in [0.1, 0.15) is 42.3 Å². The van der Waals surface area contributed by atoms with Crippen LogP contribution in [0, 0.1) is 11.7 Å². The largest absolute Gasteiger partial charge is 0.478 e. The molecule has 1 amide bonds. The summed E-state index contributed by atoms with van der Waals surface area (Å²) >= 11 is 0. The molecular formula is C21H22FNO3. The number of carbonyl (C=O) groups excluding carboxylic acids is 1. The number of rotatable bonds is 6. The van der Waals surface area contributed by atoms with Gasteiger partial charge >= 0.3 is 5.97 Å². The second kappa shape index (κ2) is 8.43. The smallest absolute Gasteiger partial charge is 0.337 e. The van der Waals surface area contributed by atoms with Gasteiger partial charge in [0.2, 0.25) is 5.91 Å². The minimum Gasteiger partial charge on any atom is -0.478 e.